The number of ether oxygens (including phenoxy) is 1. The molecule has 0 spiro atoms. The van der Waals surface area contributed by atoms with Crippen LogP contribution in [0.1, 0.15) is 31.4 Å². The van der Waals surface area contributed by atoms with E-state index in [-0.39, 0.29) is 57.6 Å². The molecule has 0 fully saturated rings. The van der Waals surface area contributed by atoms with Gasteiger partial charge in [0.2, 0.25) is 0 Å². The summed E-state index contributed by atoms with van der Waals surface area (Å²) >= 11 is 0. The first-order chi connectivity index (χ1) is 10.2. The summed E-state index contributed by atoms with van der Waals surface area (Å²) < 4.78 is 5.49. The third-order valence-corrected chi connectivity index (χ3v) is 3.73. The van der Waals surface area contributed by atoms with Crippen LogP contribution in [0, 0.1) is 6.08 Å². The second-order valence-corrected chi connectivity index (χ2v) is 5.47. The smallest absolute Gasteiger partial charge is 1.00 e. The van der Waals surface area contributed by atoms with Crippen LogP contribution < -0.4 is 24.8 Å². The van der Waals surface area contributed by atoms with Crippen LogP contribution in [0.15, 0.2) is 58.9 Å². The van der Waals surface area contributed by atoms with Crippen LogP contribution in [0.25, 0.3) is 5.57 Å². The number of fused-ring (bicyclic) bond motifs is 1. The van der Waals surface area contributed by atoms with Crippen molar-refractivity contribution in [2.75, 3.05) is 13.2 Å². The van der Waals surface area contributed by atoms with Gasteiger partial charge in [0.15, 0.2) is 0 Å². The summed E-state index contributed by atoms with van der Waals surface area (Å²) in [6.45, 7) is 4.67. The summed E-state index contributed by atoms with van der Waals surface area (Å²) in [5.74, 6) is 0.845. The van der Waals surface area contributed by atoms with Crippen LogP contribution in [0.3, 0.4) is 0 Å². The van der Waals surface area contributed by atoms with E-state index in [1.165, 1.54) is 27.9 Å². The zero-order valence-corrected chi connectivity index (χ0v) is 17.7. The van der Waals surface area contributed by atoms with Gasteiger partial charge in [-0.2, -0.15) is 0 Å². The second-order valence-electron chi connectivity index (χ2n) is 5.47. The van der Waals surface area contributed by atoms with Gasteiger partial charge in [-0.15, -0.1) is 40.0 Å². The van der Waals surface area contributed by atoms with Gasteiger partial charge >= 0.3 is 26.2 Å². The topological polar surface area (TPSA) is 29.5 Å². The predicted molar refractivity (Wildman–Crippen MR) is 84.4 cm³/mol. The van der Waals surface area contributed by atoms with Crippen LogP contribution >= 0.6 is 0 Å². The summed E-state index contributed by atoms with van der Waals surface area (Å²) in [5, 5.41) is 8.84. The van der Waals surface area contributed by atoms with Crippen molar-refractivity contribution in [1.29, 1.82) is 0 Å². The molecule has 2 nitrogen and oxygen atoms in total. The van der Waals surface area contributed by atoms with Gasteiger partial charge in [-0.25, -0.2) is 0 Å². The summed E-state index contributed by atoms with van der Waals surface area (Å²) in [7, 11) is 0. The summed E-state index contributed by atoms with van der Waals surface area (Å²) in [4.78, 5) is 0. The van der Waals surface area contributed by atoms with E-state index >= 15 is 0 Å². The van der Waals surface area contributed by atoms with Gasteiger partial charge in [-0.3, -0.25) is 0 Å². The molecular formula is C19H19Cl2O2Zr. The molecule has 1 aromatic rings. The fourth-order valence-electron chi connectivity index (χ4n) is 2.84. The molecule has 0 saturated carbocycles. The molecule has 125 valence electrons. The first-order valence-corrected chi connectivity index (χ1v) is 7.26. The Labute approximate surface area is 175 Å². The maximum absolute atomic E-state index is 8.84. The van der Waals surface area contributed by atoms with Gasteiger partial charge in [-0.1, -0.05) is 37.6 Å². The number of hydrogen-bond donors (Lipinski definition) is 1. The SMILES string of the molecule is CC(C)=C1C(C2=CC(OCCO)=CC2)=[C-]c2ccccc21.[Cl-].[Cl-].[Zr+3]. The number of aliphatic hydroxyl groups excluding tert-OH is 1. The Morgan fingerprint density at radius 3 is 2.58 bits per heavy atom. The second kappa shape index (κ2) is 10.4. The van der Waals surface area contributed by atoms with Gasteiger partial charge in [0, 0.05) is 0 Å². The minimum Gasteiger partial charge on any atom is -1.00 e. The van der Waals surface area contributed by atoms with Crippen molar-refractivity contribution >= 4 is 5.57 Å². The number of benzene rings is 1. The van der Waals surface area contributed by atoms with Crippen LogP contribution in [-0.4, -0.2) is 18.3 Å². The molecule has 3 rings (SSSR count). The van der Waals surface area contributed by atoms with Crippen LogP contribution in [0.5, 0.6) is 0 Å². The summed E-state index contributed by atoms with van der Waals surface area (Å²) in [6, 6.07) is 8.39. The van der Waals surface area contributed by atoms with Crippen LogP contribution in [0.4, 0.5) is 0 Å². The third kappa shape index (κ3) is 4.73. The Hall–Kier alpha value is -0.597. The molecule has 0 atom stereocenters. The van der Waals surface area contributed by atoms with Gasteiger partial charge in [0.1, 0.15) is 12.4 Å². The molecule has 0 unspecified atom stereocenters. The fourth-order valence-corrected chi connectivity index (χ4v) is 2.84. The van der Waals surface area contributed by atoms with Gasteiger partial charge in [-0.05, 0) is 18.6 Å². The average molecular weight is 441 g/mol. The Morgan fingerprint density at radius 2 is 1.92 bits per heavy atom. The Bertz CT molecular complexity index is 699. The molecule has 1 aromatic carbocycles. The van der Waals surface area contributed by atoms with E-state index in [2.05, 4.69) is 56.3 Å². The zero-order valence-electron chi connectivity index (χ0n) is 13.7. The largest absolute Gasteiger partial charge is 3.00 e. The van der Waals surface area contributed by atoms with Gasteiger partial charge in [0.05, 0.1) is 6.61 Å². The Balaban J connectivity index is 0.00000176. The molecule has 0 amide bonds. The normalized spacial score (nSPS) is 14.3. The number of aliphatic hydroxyl groups is 1. The van der Waals surface area contributed by atoms with Crippen LogP contribution in [0.2, 0.25) is 0 Å². The Kier molecular flexibility index (Phi) is 10.1. The number of rotatable bonds is 4. The van der Waals surface area contributed by atoms with E-state index in [0.29, 0.717) is 6.61 Å². The molecule has 0 heterocycles. The minimum absolute atomic E-state index is 0. The molecule has 0 bridgehead atoms. The van der Waals surface area contributed by atoms with E-state index in [0.717, 1.165) is 17.7 Å². The van der Waals surface area contributed by atoms with E-state index in [1.54, 1.807) is 0 Å². The minimum atomic E-state index is 0. The molecule has 2 aliphatic carbocycles. The molecule has 5 heteroatoms. The Morgan fingerprint density at radius 1 is 1.21 bits per heavy atom. The van der Waals surface area contributed by atoms with Crippen molar-refractivity contribution in [2.45, 2.75) is 20.3 Å². The van der Waals surface area contributed by atoms with E-state index in [1.807, 2.05) is 0 Å². The summed E-state index contributed by atoms with van der Waals surface area (Å²) in [6.07, 6.45) is 8.51. The molecule has 24 heavy (non-hydrogen) atoms. The van der Waals surface area contributed by atoms with E-state index in [4.69, 9.17) is 9.84 Å². The first kappa shape index (κ1) is 23.4. The quantitative estimate of drug-likeness (QED) is 0.538. The van der Waals surface area contributed by atoms with Crippen molar-refractivity contribution in [3.05, 3.63) is 76.1 Å². The number of hydrogen-bond acceptors (Lipinski definition) is 2. The molecule has 1 radical (unpaired) electrons. The maximum atomic E-state index is 8.84. The van der Waals surface area contributed by atoms with Crippen LogP contribution in [-0.2, 0) is 30.9 Å². The number of allylic oxidation sites excluding steroid dienone is 6. The molecular weight excluding hydrogens is 422 g/mol. The molecule has 0 saturated heterocycles. The van der Waals surface area contributed by atoms with Crippen molar-refractivity contribution < 1.29 is 60.9 Å². The van der Waals surface area contributed by atoms with Gasteiger partial charge in [0.25, 0.3) is 0 Å². The van der Waals surface area contributed by atoms with Crippen molar-refractivity contribution in [2.24, 2.45) is 0 Å². The first-order valence-electron chi connectivity index (χ1n) is 7.26. The van der Waals surface area contributed by atoms with Crippen molar-refractivity contribution in [3.63, 3.8) is 0 Å². The zero-order chi connectivity index (χ0) is 14.8. The monoisotopic (exact) mass is 439 g/mol. The average Bonchev–Trinajstić information content (AvgIpc) is 3.08. The van der Waals surface area contributed by atoms with E-state index in [9.17, 15) is 0 Å². The molecule has 2 aliphatic rings. The molecule has 1 N–H and O–H groups in total. The van der Waals surface area contributed by atoms with Crippen molar-refractivity contribution in [3.8, 4) is 0 Å². The summed E-state index contributed by atoms with van der Waals surface area (Å²) in [5.41, 5.74) is 7.42. The maximum Gasteiger partial charge on any atom is 3.00 e. The fraction of sp³-hybridized carbons (Fsp3) is 0.263. The van der Waals surface area contributed by atoms with Crippen molar-refractivity contribution in [1.82, 2.24) is 0 Å². The standard InChI is InChI=1S/C19H19O2.2ClH.Zr/c1-13(2)19-17-6-4-3-5-14(17)12-18(19)15-7-8-16(11-15)21-10-9-20;;;/h3-6,8,11,20H,7,9-10H2,1-2H3;2*1H;/q-1;;;+3/p-2. The predicted octanol–water partition coefficient (Wildman–Crippen LogP) is -2.20. The third-order valence-electron chi connectivity index (χ3n) is 3.73. The number of halogens is 2. The molecule has 0 aliphatic heterocycles. The van der Waals surface area contributed by atoms with Gasteiger partial charge < -0.3 is 34.7 Å². The van der Waals surface area contributed by atoms with E-state index < -0.39 is 0 Å². The molecule has 0 aromatic heterocycles.